The summed E-state index contributed by atoms with van der Waals surface area (Å²) in [7, 11) is -1.43. The lowest BCUT2D eigenvalue weighted by atomic mass is 10.00. The molecule has 6 heterocycles. The third-order valence-corrected chi connectivity index (χ3v) is 27.3. The molecular weight excluding hydrogens is 1570 g/mol. The predicted molar refractivity (Wildman–Crippen MR) is 539 cm³/mol. The van der Waals surface area contributed by atoms with Crippen LogP contribution in [0.1, 0.15) is 0 Å². The molecule has 604 valence electrons. The SMILES string of the molecule is C[Si](C)(C)c1ccc(-n2c3ccccc3c3ccc(-c4ccc5c6ccccc6n(-c6cccc(-c7cc(-c8ccccc8)nc(-c8ccccc8)n7)c6)c5c4)cc32)cc1.c1ccc(-c2ccc(-c3ccc(-n4c5ccccc5c5ccc(-c6ccc7c8ccccc8n(-c8cccc(-c9cc(-c%10ccccc%10)nc(-c%10ccccc%10)n9)c8)c7c6)cc54)cc3)cc2)cc1. The molecular formula is C119H84N8Si. The van der Waals surface area contributed by atoms with Gasteiger partial charge in [-0.3, -0.25) is 0 Å². The van der Waals surface area contributed by atoms with Crippen molar-refractivity contribution in [3.05, 3.63) is 455 Å². The minimum Gasteiger partial charge on any atom is -0.309 e. The molecule has 0 N–H and O–H groups in total. The van der Waals surface area contributed by atoms with Crippen molar-refractivity contribution in [2.45, 2.75) is 19.6 Å². The second-order valence-electron chi connectivity index (χ2n) is 34.1. The minimum atomic E-state index is -1.43. The first-order valence-corrected chi connectivity index (χ1v) is 47.3. The Morgan fingerprint density at radius 2 is 0.391 bits per heavy atom. The first kappa shape index (κ1) is 76.4. The minimum absolute atomic E-state index is 0.701. The van der Waals surface area contributed by atoms with Crippen molar-refractivity contribution in [3.8, 4) is 135 Å². The maximum atomic E-state index is 5.18. The van der Waals surface area contributed by atoms with Gasteiger partial charge in [0.1, 0.15) is 0 Å². The fourth-order valence-corrected chi connectivity index (χ4v) is 20.0. The summed E-state index contributed by atoms with van der Waals surface area (Å²) in [4.78, 5) is 20.4. The Morgan fingerprint density at radius 1 is 0.156 bits per heavy atom. The summed E-state index contributed by atoms with van der Waals surface area (Å²) in [5, 5.41) is 11.3. The van der Waals surface area contributed by atoms with Crippen molar-refractivity contribution in [2.24, 2.45) is 0 Å². The molecule has 0 bridgehead atoms. The molecule has 8 nitrogen and oxygen atoms in total. The first-order valence-electron chi connectivity index (χ1n) is 43.8. The largest absolute Gasteiger partial charge is 0.309 e. The highest BCUT2D eigenvalue weighted by Crippen LogP contribution is 2.44. The maximum Gasteiger partial charge on any atom is 0.160 e. The average Bonchev–Trinajstić information content (AvgIpc) is 1.58. The van der Waals surface area contributed by atoms with Crippen LogP contribution in [0.5, 0.6) is 0 Å². The maximum absolute atomic E-state index is 5.18. The quantitative estimate of drug-likeness (QED) is 0.0959. The van der Waals surface area contributed by atoms with Crippen LogP contribution in [0.3, 0.4) is 0 Å². The van der Waals surface area contributed by atoms with Gasteiger partial charge in [-0.1, -0.05) is 371 Å². The van der Waals surface area contributed by atoms with E-state index in [2.05, 4.69) is 444 Å². The van der Waals surface area contributed by atoms with Gasteiger partial charge in [-0.05, 0) is 154 Å². The lowest BCUT2D eigenvalue weighted by Crippen LogP contribution is -2.37. The normalized spacial score (nSPS) is 11.7. The molecule has 24 rings (SSSR count). The van der Waals surface area contributed by atoms with Crippen molar-refractivity contribution in [1.29, 1.82) is 0 Å². The number of nitrogens with zero attached hydrogens (tertiary/aromatic N) is 8. The summed E-state index contributed by atoms with van der Waals surface area (Å²) in [6, 6.07) is 163. The van der Waals surface area contributed by atoms with E-state index in [1.54, 1.807) is 0 Å². The van der Waals surface area contributed by atoms with Crippen LogP contribution in [0, 0.1) is 0 Å². The third-order valence-electron chi connectivity index (χ3n) is 25.3. The third kappa shape index (κ3) is 14.0. The summed E-state index contributed by atoms with van der Waals surface area (Å²) in [5.41, 5.74) is 33.0. The molecule has 9 heteroatoms. The summed E-state index contributed by atoms with van der Waals surface area (Å²) < 4.78 is 9.66. The van der Waals surface area contributed by atoms with Gasteiger partial charge in [0.15, 0.2) is 11.6 Å². The van der Waals surface area contributed by atoms with E-state index in [9.17, 15) is 0 Å². The number of fused-ring (bicyclic) bond motifs is 12. The van der Waals surface area contributed by atoms with Gasteiger partial charge in [-0.25, -0.2) is 19.9 Å². The standard InChI is InChI=1S/C64H42N4.C55H42N4Si/c1-4-15-43(16-5-1)44-27-29-45(30-28-44)46-31-35-52(36-32-46)67-60-25-12-10-23-54(60)56-37-33-49(40-62(56)67)50-34-38-57-55-24-11-13-26-61(55)68(63(57)41-50)53-22-14-21-51(39-53)59-42-58(47-17-6-2-7-18-47)65-64(66-59)48-19-8-3-9-20-48;1-60(2,3)44-29-27-42(28-30-44)58-51-23-12-10-21-45(51)47-31-25-39(34-53(47)58)40-26-32-48-46-22-11-13-24-52(46)59(54(48)35-40)43-20-14-19-41(33-43)50-36-49(37-15-6-4-7-16-37)56-55(57-50)38-17-8-5-9-18-38/h1-42H;4-36H,1-3H3. The number of hydrogen-bond acceptors (Lipinski definition) is 4. The molecule has 0 unspecified atom stereocenters. The van der Waals surface area contributed by atoms with Crippen LogP contribution < -0.4 is 5.19 Å². The average molecular weight is 1650 g/mol. The van der Waals surface area contributed by atoms with E-state index in [-0.39, 0.29) is 0 Å². The summed E-state index contributed by atoms with van der Waals surface area (Å²) in [6.45, 7) is 7.22. The summed E-state index contributed by atoms with van der Waals surface area (Å²) in [5.74, 6) is 1.41. The Bertz CT molecular complexity index is 8240. The lowest BCUT2D eigenvalue weighted by Gasteiger charge is -2.17. The molecule has 0 aliphatic rings. The zero-order valence-electron chi connectivity index (χ0n) is 70.9. The van der Waals surface area contributed by atoms with E-state index in [4.69, 9.17) is 19.9 Å². The van der Waals surface area contributed by atoms with Gasteiger partial charge in [0.25, 0.3) is 0 Å². The van der Waals surface area contributed by atoms with Crippen LogP contribution in [-0.2, 0) is 0 Å². The van der Waals surface area contributed by atoms with E-state index in [0.29, 0.717) is 11.6 Å². The number of rotatable bonds is 15. The highest BCUT2D eigenvalue weighted by Gasteiger charge is 2.24. The topological polar surface area (TPSA) is 71.3 Å². The smallest absolute Gasteiger partial charge is 0.160 e. The van der Waals surface area contributed by atoms with Crippen LogP contribution >= 0.6 is 0 Å². The zero-order chi connectivity index (χ0) is 85.3. The number of para-hydroxylation sites is 4. The second-order valence-corrected chi connectivity index (χ2v) is 39.2. The number of aromatic nitrogens is 8. The fraction of sp³-hybridized carbons (Fsp3) is 0.0252. The molecule has 0 aliphatic heterocycles. The molecule has 0 aliphatic carbocycles. The van der Waals surface area contributed by atoms with E-state index >= 15 is 0 Å². The van der Waals surface area contributed by atoms with Crippen molar-refractivity contribution in [1.82, 2.24) is 38.2 Å². The molecule has 6 aromatic heterocycles. The first-order chi connectivity index (χ1) is 63.1. The Hall–Kier alpha value is -16.5. The van der Waals surface area contributed by atoms with Crippen LogP contribution in [0.2, 0.25) is 19.6 Å². The molecule has 0 spiro atoms. The van der Waals surface area contributed by atoms with Crippen LogP contribution in [-0.4, -0.2) is 46.3 Å². The lowest BCUT2D eigenvalue weighted by molar-refractivity contribution is 1.16. The molecule has 0 amide bonds. The number of benzene rings is 18. The summed E-state index contributed by atoms with van der Waals surface area (Å²) >= 11 is 0. The van der Waals surface area contributed by atoms with Gasteiger partial charge in [-0.15, -0.1) is 0 Å². The molecule has 0 radical (unpaired) electrons. The van der Waals surface area contributed by atoms with Gasteiger partial charge in [0.05, 0.1) is 75.0 Å². The highest BCUT2D eigenvalue weighted by molar-refractivity contribution is 6.88. The van der Waals surface area contributed by atoms with Gasteiger partial charge in [0, 0.05) is 99.2 Å². The van der Waals surface area contributed by atoms with Crippen LogP contribution in [0.25, 0.3) is 222 Å². The Labute approximate surface area is 743 Å². The Kier molecular flexibility index (Phi) is 19.1. The molecule has 0 fully saturated rings. The Morgan fingerprint density at radius 3 is 0.711 bits per heavy atom. The number of hydrogen-bond donors (Lipinski definition) is 0. The molecule has 128 heavy (non-hydrogen) atoms. The van der Waals surface area contributed by atoms with Gasteiger partial charge >= 0.3 is 0 Å². The van der Waals surface area contributed by atoms with Crippen molar-refractivity contribution in [2.75, 3.05) is 0 Å². The highest BCUT2D eigenvalue weighted by atomic mass is 28.3. The van der Waals surface area contributed by atoms with Crippen molar-refractivity contribution in [3.63, 3.8) is 0 Å². The van der Waals surface area contributed by atoms with Crippen molar-refractivity contribution >= 4 is 100 Å². The van der Waals surface area contributed by atoms with Crippen LogP contribution in [0.4, 0.5) is 0 Å². The Balaban J connectivity index is 0.000000148. The molecule has 0 atom stereocenters. The van der Waals surface area contributed by atoms with Crippen LogP contribution in [0.15, 0.2) is 455 Å². The molecule has 0 saturated heterocycles. The van der Waals surface area contributed by atoms with E-state index < -0.39 is 8.07 Å². The fourth-order valence-electron chi connectivity index (χ4n) is 18.9. The van der Waals surface area contributed by atoms with E-state index in [1.165, 1.54) is 109 Å². The predicted octanol–water partition coefficient (Wildman–Crippen LogP) is 30.6. The molecule has 0 saturated carbocycles. The van der Waals surface area contributed by atoms with Gasteiger partial charge in [0.2, 0.25) is 0 Å². The second kappa shape index (κ2) is 32.0. The van der Waals surface area contributed by atoms with Gasteiger partial charge < -0.3 is 18.3 Å². The molecule has 24 aromatic rings. The zero-order valence-corrected chi connectivity index (χ0v) is 71.9. The summed E-state index contributed by atoms with van der Waals surface area (Å²) in [6.07, 6.45) is 0. The monoisotopic (exact) mass is 1650 g/mol. The van der Waals surface area contributed by atoms with E-state index in [1.807, 2.05) is 48.5 Å². The van der Waals surface area contributed by atoms with Crippen molar-refractivity contribution < 1.29 is 0 Å². The molecule has 18 aromatic carbocycles. The van der Waals surface area contributed by atoms with E-state index in [0.717, 1.165) is 106 Å². The van der Waals surface area contributed by atoms with Gasteiger partial charge in [-0.2, -0.15) is 0 Å².